The number of imidazole rings is 1. The Hall–Kier alpha value is -2.02. The summed E-state index contributed by atoms with van der Waals surface area (Å²) in [6.45, 7) is 0. The van der Waals surface area contributed by atoms with Crippen molar-refractivity contribution in [3.8, 4) is 5.75 Å². The van der Waals surface area contributed by atoms with Gasteiger partial charge in [0.1, 0.15) is 5.75 Å². The summed E-state index contributed by atoms with van der Waals surface area (Å²) in [5.74, 6) is 0.489. The third-order valence-corrected chi connectivity index (χ3v) is 4.23. The van der Waals surface area contributed by atoms with Gasteiger partial charge in [0, 0.05) is 7.05 Å². The zero-order valence-corrected chi connectivity index (χ0v) is 10.8. The lowest BCUT2D eigenvalue weighted by Crippen LogP contribution is -2.27. The molecule has 0 saturated carbocycles. The summed E-state index contributed by atoms with van der Waals surface area (Å²) in [4.78, 5) is 6.30. The second-order valence-electron chi connectivity index (χ2n) is 3.56. The lowest BCUT2D eigenvalue weighted by molar-refractivity contribution is 0.416. The van der Waals surface area contributed by atoms with Gasteiger partial charge in [0.05, 0.1) is 25.3 Å². The van der Waals surface area contributed by atoms with Crippen molar-refractivity contribution in [1.82, 2.24) is 9.97 Å². The van der Waals surface area contributed by atoms with E-state index in [0.29, 0.717) is 11.4 Å². The van der Waals surface area contributed by atoms with Crippen molar-refractivity contribution in [3.63, 3.8) is 0 Å². The molecular weight excluding hydrogens is 254 g/mol. The van der Waals surface area contributed by atoms with Gasteiger partial charge in [-0.3, -0.25) is 4.31 Å². The number of H-pyrrole nitrogens is 1. The molecule has 1 N–H and O–H groups in total. The van der Waals surface area contributed by atoms with Crippen LogP contribution < -0.4 is 9.04 Å². The number of rotatable bonds is 4. The molecule has 1 heterocycles. The zero-order valence-electron chi connectivity index (χ0n) is 9.99. The number of para-hydroxylation sites is 2. The smallest absolute Gasteiger partial charge is 0.281 e. The van der Waals surface area contributed by atoms with Crippen molar-refractivity contribution in [2.75, 3.05) is 18.5 Å². The van der Waals surface area contributed by atoms with Crippen molar-refractivity contribution in [2.45, 2.75) is 5.03 Å². The minimum Gasteiger partial charge on any atom is -0.495 e. The lowest BCUT2D eigenvalue weighted by Gasteiger charge is -2.20. The number of aromatic amines is 1. The summed E-state index contributed by atoms with van der Waals surface area (Å²) in [7, 11) is -0.684. The fourth-order valence-corrected chi connectivity index (χ4v) is 2.65. The van der Waals surface area contributed by atoms with E-state index < -0.39 is 10.0 Å². The minimum atomic E-state index is -3.65. The Labute approximate surface area is 105 Å². The second kappa shape index (κ2) is 4.69. The van der Waals surface area contributed by atoms with Crippen LogP contribution in [0.4, 0.5) is 5.69 Å². The molecule has 0 fully saturated rings. The highest BCUT2D eigenvalue weighted by Crippen LogP contribution is 2.30. The van der Waals surface area contributed by atoms with Crippen LogP contribution in [0.15, 0.2) is 41.8 Å². The highest BCUT2D eigenvalue weighted by Gasteiger charge is 2.24. The van der Waals surface area contributed by atoms with E-state index in [9.17, 15) is 8.42 Å². The molecule has 2 aromatic rings. The van der Waals surface area contributed by atoms with Crippen LogP contribution in [-0.4, -0.2) is 32.5 Å². The van der Waals surface area contributed by atoms with Crippen molar-refractivity contribution in [3.05, 3.63) is 36.8 Å². The molecule has 0 spiro atoms. The molecule has 0 atom stereocenters. The van der Waals surface area contributed by atoms with Crippen LogP contribution in [0, 0.1) is 0 Å². The van der Waals surface area contributed by atoms with Gasteiger partial charge >= 0.3 is 0 Å². The summed E-state index contributed by atoms with van der Waals surface area (Å²) in [6.07, 6.45) is 2.59. The van der Waals surface area contributed by atoms with Crippen molar-refractivity contribution in [2.24, 2.45) is 0 Å². The van der Waals surface area contributed by atoms with Crippen LogP contribution in [0.5, 0.6) is 5.75 Å². The molecule has 1 aromatic carbocycles. The minimum absolute atomic E-state index is 0.0379. The number of nitrogens with one attached hydrogen (secondary N) is 1. The molecule has 2 rings (SSSR count). The molecule has 96 valence electrons. The van der Waals surface area contributed by atoms with Crippen LogP contribution in [-0.2, 0) is 10.0 Å². The molecule has 1 aromatic heterocycles. The van der Waals surface area contributed by atoms with E-state index in [4.69, 9.17) is 4.74 Å². The third kappa shape index (κ3) is 2.04. The Morgan fingerprint density at radius 1 is 1.33 bits per heavy atom. The van der Waals surface area contributed by atoms with Crippen LogP contribution in [0.25, 0.3) is 0 Å². The monoisotopic (exact) mass is 267 g/mol. The Kier molecular flexibility index (Phi) is 3.24. The first-order chi connectivity index (χ1) is 8.57. The van der Waals surface area contributed by atoms with E-state index in [1.165, 1.54) is 26.7 Å². The maximum Gasteiger partial charge on any atom is 0.281 e. The number of aromatic nitrogens is 2. The Morgan fingerprint density at radius 3 is 2.67 bits per heavy atom. The molecule has 0 bridgehead atoms. The van der Waals surface area contributed by atoms with Gasteiger partial charge in [0.25, 0.3) is 10.0 Å². The standard InChI is InChI=1S/C11H13N3O3S/c1-14(9-5-3-4-6-10(9)17-2)18(15,16)11-7-12-8-13-11/h3-8H,1-2H3,(H,12,13). The zero-order chi connectivity index (χ0) is 13.2. The highest BCUT2D eigenvalue weighted by molar-refractivity contribution is 7.92. The maximum absolute atomic E-state index is 12.3. The van der Waals surface area contributed by atoms with Crippen LogP contribution in [0.1, 0.15) is 0 Å². The van der Waals surface area contributed by atoms with Gasteiger partial charge < -0.3 is 9.72 Å². The van der Waals surface area contributed by atoms with Gasteiger partial charge in [-0.05, 0) is 12.1 Å². The number of hydrogen-bond acceptors (Lipinski definition) is 4. The molecule has 18 heavy (non-hydrogen) atoms. The third-order valence-electron chi connectivity index (χ3n) is 2.54. The SMILES string of the molecule is COc1ccccc1N(C)S(=O)(=O)c1cnc[nH]1. The molecule has 0 saturated heterocycles. The summed E-state index contributed by atoms with van der Waals surface area (Å²) in [5, 5.41) is 0.0379. The van der Waals surface area contributed by atoms with Gasteiger partial charge in [-0.2, -0.15) is 8.42 Å². The summed E-state index contributed by atoms with van der Waals surface area (Å²) >= 11 is 0. The predicted molar refractivity (Wildman–Crippen MR) is 67.2 cm³/mol. The average molecular weight is 267 g/mol. The molecule has 0 amide bonds. The first kappa shape index (κ1) is 12.4. The van der Waals surface area contributed by atoms with E-state index in [-0.39, 0.29) is 5.03 Å². The largest absolute Gasteiger partial charge is 0.495 e. The van der Waals surface area contributed by atoms with E-state index in [2.05, 4.69) is 9.97 Å². The summed E-state index contributed by atoms with van der Waals surface area (Å²) in [6, 6.07) is 6.90. The number of benzene rings is 1. The number of methoxy groups -OCH3 is 1. The molecule has 0 radical (unpaired) electrons. The van der Waals surface area contributed by atoms with E-state index in [1.54, 1.807) is 24.3 Å². The van der Waals surface area contributed by atoms with Gasteiger partial charge in [-0.25, -0.2) is 4.98 Å². The van der Waals surface area contributed by atoms with Crippen molar-refractivity contribution in [1.29, 1.82) is 0 Å². The Bertz CT molecular complexity index is 623. The van der Waals surface area contributed by atoms with Crippen molar-refractivity contribution >= 4 is 15.7 Å². The average Bonchev–Trinajstić information content (AvgIpc) is 2.92. The second-order valence-corrected chi connectivity index (χ2v) is 5.50. The first-order valence-corrected chi connectivity index (χ1v) is 6.61. The lowest BCUT2D eigenvalue weighted by atomic mass is 10.3. The Morgan fingerprint density at radius 2 is 2.06 bits per heavy atom. The normalized spacial score (nSPS) is 11.2. The topological polar surface area (TPSA) is 75.3 Å². The number of anilines is 1. The number of sulfonamides is 1. The maximum atomic E-state index is 12.3. The van der Waals surface area contributed by atoms with E-state index in [0.717, 1.165) is 4.31 Å². The summed E-state index contributed by atoms with van der Waals surface area (Å²) < 4.78 is 30.8. The molecule has 0 aliphatic heterocycles. The van der Waals surface area contributed by atoms with Crippen molar-refractivity contribution < 1.29 is 13.2 Å². The molecule has 0 unspecified atom stereocenters. The molecule has 6 nitrogen and oxygen atoms in total. The van der Waals surface area contributed by atoms with Gasteiger partial charge in [0.15, 0.2) is 5.03 Å². The van der Waals surface area contributed by atoms with Gasteiger partial charge in [-0.15, -0.1) is 0 Å². The quantitative estimate of drug-likeness (QED) is 0.904. The van der Waals surface area contributed by atoms with Crippen LogP contribution in [0.2, 0.25) is 0 Å². The summed E-state index contributed by atoms with van der Waals surface area (Å²) in [5.41, 5.74) is 0.467. The predicted octanol–water partition coefficient (Wildman–Crippen LogP) is 1.24. The van der Waals surface area contributed by atoms with Gasteiger partial charge in [-0.1, -0.05) is 12.1 Å². The van der Waals surface area contributed by atoms with E-state index in [1.807, 2.05) is 0 Å². The van der Waals surface area contributed by atoms with Crippen LogP contribution >= 0.6 is 0 Å². The van der Waals surface area contributed by atoms with E-state index >= 15 is 0 Å². The van der Waals surface area contributed by atoms with Gasteiger partial charge in [0.2, 0.25) is 0 Å². The Balaban J connectivity index is 2.46. The first-order valence-electron chi connectivity index (χ1n) is 5.17. The number of ether oxygens (including phenoxy) is 1. The fraction of sp³-hybridized carbons (Fsp3) is 0.182. The molecular formula is C11H13N3O3S. The fourth-order valence-electron chi connectivity index (χ4n) is 1.55. The highest BCUT2D eigenvalue weighted by atomic mass is 32.2. The number of hydrogen-bond donors (Lipinski definition) is 1. The molecule has 7 heteroatoms. The number of nitrogens with zero attached hydrogens (tertiary/aromatic N) is 2. The molecule has 0 aliphatic rings. The van der Waals surface area contributed by atoms with Crippen LogP contribution in [0.3, 0.4) is 0 Å². The molecule has 0 aliphatic carbocycles.